The molecule has 0 atom stereocenters. The summed E-state index contributed by atoms with van der Waals surface area (Å²) in [6, 6.07) is 23.6. The van der Waals surface area contributed by atoms with Crippen LogP contribution in [0.1, 0.15) is 25.3 Å². The van der Waals surface area contributed by atoms with Crippen LogP contribution < -0.4 is 10.1 Å². The number of carbonyl (C=O) groups excluding carboxylic acids is 1. The van der Waals surface area contributed by atoms with E-state index in [1.54, 1.807) is 11.3 Å². The second-order valence-corrected chi connectivity index (χ2v) is 8.16. The van der Waals surface area contributed by atoms with Crippen LogP contribution >= 0.6 is 11.3 Å². The molecule has 0 aliphatic carbocycles. The van der Waals surface area contributed by atoms with Gasteiger partial charge in [-0.1, -0.05) is 50.2 Å². The lowest BCUT2D eigenvalue weighted by atomic mass is 10.0. The van der Waals surface area contributed by atoms with Gasteiger partial charge in [-0.05, 0) is 47.9 Å². The summed E-state index contributed by atoms with van der Waals surface area (Å²) in [4.78, 5) is 17.0. The Balaban J connectivity index is 1.40. The molecule has 29 heavy (non-hydrogen) atoms. The highest BCUT2D eigenvalue weighted by atomic mass is 32.1. The number of nitrogens with one attached hydrogen (secondary N) is 1. The maximum Gasteiger partial charge on any atom is 0.262 e. The first-order chi connectivity index (χ1) is 14.1. The number of nitrogens with zero attached hydrogens (tertiary/aromatic N) is 1. The van der Waals surface area contributed by atoms with Crippen molar-refractivity contribution < 1.29 is 9.53 Å². The molecule has 0 saturated carbocycles. The Morgan fingerprint density at radius 1 is 1.03 bits per heavy atom. The lowest BCUT2D eigenvalue weighted by Crippen LogP contribution is -2.20. The zero-order valence-electron chi connectivity index (χ0n) is 16.4. The van der Waals surface area contributed by atoms with Crippen molar-refractivity contribution in [2.75, 3.05) is 11.9 Å². The topological polar surface area (TPSA) is 51.2 Å². The number of aromatic nitrogens is 1. The Bertz CT molecular complexity index is 1100. The van der Waals surface area contributed by atoms with Crippen LogP contribution in [0.2, 0.25) is 0 Å². The SMILES string of the molecule is CC(C)c1ccc(OCC(=O)Nc2cccc(-c3nc4ccccc4s3)c2)cc1. The highest BCUT2D eigenvalue weighted by Gasteiger charge is 2.09. The Hall–Kier alpha value is -3.18. The summed E-state index contributed by atoms with van der Waals surface area (Å²) in [6.07, 6.45) is 0. The number of para-hydroxylation sites is 1. The van der Waals surface area contributed by atoms with Gasteiger partial charge in [0.25, 0.3) is 5.91 Å². The van der Waals surface area contributed by atoms with E-state index in [-0.39, 0.29) is 12.5 Å². The van der Waals surface area contributed by atoms with Crippen LogP contribution in [-0.2, 0) is 4.79 Å². The minimum absolute atomic E-state index is 0.0353. The molecule has 5 heteroatoms. The summed E-state index contributed by atoms with van der Waals surface area (Å²) in [5.41, 5.74) is 3.94. The molecule has 0 bridgehead atoms. The van der Waals surface area contributed by atoms with E-state index in [4.69, 9.17) is 4.74 Å². The third kappa shape index (κ3) is 4.63. The van der Waals surface area contributed by atoms with Gasteiger partial charge in [-0.15, -0.1) is 11.3 Å². The van der Waals surface area contributed by atoms with Gasteiger partial charge in [0.05, 0.1) is 10.2 Å². The molecule has 4 aromatic rings. The number of hydrogen-bond donors (Lipinski definition) is 1. The molecule has 0 aliphatic heterocycles. The van der Waals surface area contributed by atoms with Crippen LogP contribution in [0.4, 0.5) is 5.69 Å². The first kappa shape index (κ1) is 19.2. The van der Waals surface area contributed by atoms with Gasteiger partial charge in [-0.3, -0.25) is 4.79 Å². The standard InChI is InChI=1S/C24H22N2O2S/c1-16(2)17-10-12-20(13-11-17)28-15-23(27)25-19-7-5-6-18(14-19)24-26-21-8-3-4-9-22(21)29-24/h3-14,16H,15H2,1-2H3,(H,25,27). The quantitative estimate of drug-likeness (QED) is 0.424. The third-order valence-corrected chi connectivity index (χ3v) is 5.69. The number of ether oxygens (including phenoxy) is 1. The second-order valence-electron chi connectivity index (χ2n) is 7.13. The lowest BCUT2D eigenvalue weighted by molar-refractivity contribution is -0.118. The number of carbonyl (C=O) groups is 1. The lowest BCUT2D eigenvalue weighted by Gasteiger charge is -2.10. The molecule has 0 radical (unpaired) electrons. The maximum atomic E-state index is 12.3. The molecule has 1 heterocycles. The van der Waals surface area contributed by atoms with Gasteiger partial charge < -0.3 is 10.1 Å². The Labute approximate surface area is 174 Å². The molecule has 0 spiro atoms. The number of anilines is 1. The minimum Gasteiger partial charge on any atom is -0.484 e. The second kappa shape index (κ2) is 8.45. The van der Waals surface area contributed by atoms with E-state index in [0.717, 1.165) is 26.5 Å². The first-order valence-corrected chi connectivity index (χ1v) is 10.4. The van der Waals surface area contributed by atoms with E-state index in [2.05, 4.69) is 30.2 Å². The molecule has 146 valence electrons. The normalized spacial score (nSPS) is 11.0. The van der Waals surface area contributed by atoms with Crippen LogP contribution in [0.25, 0.3) is 20.8 Å². The molecule has 0 fully saturated rings. The zero-order chi connectivity index (χ0) is 20.2. The van der Waals surface area contributed by atoms with Crippen molar-refractivity contribution in [1.29, 1.82) is 0 Å². The number of rotatable bonds is 6. The average molecular weight is 403 g/mol. The van der Waals surface area contributed by atoms with Crippen LogP contribution in [0.3, 0.4) is 0 Å². The number of thiazole rings is 1. The van der Waals surface area contributed by atoms with E-state index in [0.29, 0.717) is 11.7 Å². The number of hydrogen-bond acceptors (Lipinski definition) is 4. The van der Waals surface area contributed by atoms with Crippen LogP contribution in [0.5, 0.6) is 5.75 Å². The molecule has 1 N–H and O–H groups in total. The Kier molecular flexibility index (Phi) is 5.58. The molecule has 1 amide bonds. The van der Waals surface area contributed by atoms with E-state index in [1.165, 1.54) is 5.56 Å². The van der Waals surface area contributed by atoms with Crippen LogP contribution in [-0.4, -0.2) is 17.5 Å². The fourth-order valence-electron chi connectivity index (χ4n) is 3.02. The number of amides is 1. The summed E-state index contributed by atoms with van der Waals surface area (Å²) < 4.78 is 6.75. The van der Waals surface area contributed by atoms with Gasteiger partial charge in [0.15, 0.2) is 6.61 Å². The minimum atomic E-state index is -0.195. The number of fused-ring (bicyclic) bond motifs is 1. The van der Waals surface area contributed by atoms with Gasteiger partial charge in [-0.2, -0.15) is 0 Å². The molecular weight excluding hydrogens is 380 g/mol. The third-order valence-electron chi connectivity index (χ3n) is 4.60. The molecule has 0 aliphatic rings. The van der Waals surface area contributed by atoms with Crippen LogP contribution in [0.15, 0.2) is 72.8 Å². The predicted octanol–water partition coefficient (Wildman–Crippen LogP) is 6.10. The first-order valence-electron chi connectivity index (χ1n) is 9.57. The smallest absolute Gasteiger partial charge is 0.262 e. The van der Waals surface area contributed by atoms with Gasteiger partial charge in [-0.25, -0.2) is 4.98 Å². The highest BCUT2D eigenvalue weighted by molar-refractivity contribution is 7.21. The molecule has 3 aromatic carbocycles. The highest BCUT2D eigenvalue weighted by Crippen LogP contribution is 2.31. The van der Waals surface area contributed by atoms with Crippen molar-refractivity contribution in [2.45, 2.75) is 19.8 Å². The summed E-state index contributed by atoms with van der Waals surface area (Å²) in [6.45, 7) is 4.25. The van der Waals surface area contributed by atoms with Crippen molar-refractivity contribution in [1.82, 2.24) is 4.98 Å². The molecule has 4 rings (SSSR count). The van der Waals surface area contributed by atoms with E-state index in [9.17, 15) is 4.79 Å². The maximum absolute atomic E-state index is 12.3. The summed E-state index contributed by atoms with van der Waals surface area (Å²) in [5, 5.41) is 3.83. The van der Waals surface area contributed by atoms with Gasteiger partial charge in [0.1, 0.15) is 10.8 Å². The Morgan fingerprint density at radius 2 is 1.83 bits per heavy atom. The molecule has 0 saturated heterocycles. The summed E-state index contributed by atoms with van der Waals surface area (Å²) >= 11 is 1.64. The zero-order valence-corrected chi connectivity index (χ0v) is 17.2. The van der Waals surface area contributed by atoms with Crippen molar-refractivity contribution >= 4 is 33.1 Å². The summed E-state index contributed by atoms with van der Waals surface area (Å²) in [7, 11) is 0. The predicted molar refractivity (Wildman–Crippen MR) is 120 cm³/mol. The van der Waals surface area contributed by atoms with Gasteiger partial charge in [0, 0.05) is 11.3 Å². The average Bonchev–Trinajstić information content (AvgIpc) is 3.17. The molecule has 1 aromatic heterocycles. The largest absolute Gasteiger partial charge is 0.484 e. The van der Waals surface area contributed by atoms with Gasteiger partial charge >= 0.3 is 0 Å². The van der Waals surface area contributed by atoms with Crippen molar-refractivity contribution in [3.05, 3.63) is 78.4 Å². The number of benzene rings is 3. The van der Waals surface area contributed by atoms with E-state index in [1.807, 2.05) is 66.7 Å². The van der Waals surface area contributed by atoms with Crippen molar-refractivity contribution in [3.8, 4) is 16.3 Å². The molecular formula is C24H22N2O2S. The molecule has 0 unspecified atom stereocenters. The fraction of sp³-hybridized carbons (Fsp3) is 0.167. The van der Waals surface area contributed by atoms with E-state index < -0.39 is 0 Å². The summed E-state index contributed by atoms with van der Waals surface area (Å²) in [5.74, 6) is 0.960. The van der Waals surface area contributed by atoms with Crippen molar-refractivity contribution in [3.63, 3.8) is 0 Å². The van der Waals surface area contributed by atoms with Crippen molar-refractivity contribution in [2.24, 2.45) is 0 Å². The van der Waals surface area contributed by atoms with Gasteiger partial charge in [0.2, 0.25) is 0 Å². The van der Waals surface area contributed by atoms with E-state index >= 15 is 0 Å². The molecule has 4 nitrogen and oxygen atoms in total. The Morgan fingerprint density at radius 3 is 2.59 bits per heavy atom. The fourth-order valence-corrected chi connectivity index (χ4v) is 3.98. The van der Waals surface area contributed by atoms with Crippen LogP contribution in [0, 0.1) is 0 Å². The monoisotopic (exact) mass is 402 g/mol.